The van der Waals surface area contributed by atoms with Gasteiger partial charge < -0.3 is 9.73 Å². The summed E-state index contributed by atoms with van der Waals surface area (Å²) >= 11 is 1.60. The summed E-state index contributed by atoms with van der Waals surface area (Å²) in [6.07, 6.45) is 1.80. The van der Waals surface area contributed by atoms with Gasteiger partial charge in [0.05, 0.1) is 16.5 Å². The third-order valence-corrected chi connectivity index (χ3v) is 8.59. The molecule has 0 aliphatic carbocycles. The van der Waals surface area contributed by atoms with Crippen molar-refractivity contribution in [1.29, 1.82) is 0 Å². The van der Waals surface area contributed by atoms with Crippen LogP contribution in [0.5, 0.6) is 0 Å². The highest BCUT2D eigenvalue weighted by molar-refractivity contribution is 7.89. The molecule has 172 valence electrons. The van der Waals surface area contributed by atoms with Crippen LogP contribution in [0.1, 0.15) is 44.0 Å². The third kappa shape index (κ3) is 4.53. The van der Waals surface area contributed by atoms with E-state index in [1.807, 2.05) is 31.4 Å². The molecule has 10 heteroatoms. The maximum absolute atomic E-state index is 12.8. The average molecular weight is 478 g/mol. The van der Waals surface area contributed by atoms with Crippen molar-refractivity contribution in [2.24, 2.45) is 5.92 Å². The number of rotatable bonds is 8. The fourth-order valence-corrected chi connectivity index (χ4v) is 6.47. The number of nitrogens with one attached hydrogen (secondary N) is 1. The molecule has 1 saturated heterocycles. The molecule has 0 spiro atoms. The Hall–Kier alpha value is -2.43. The summed E-state index contributed by atoms with van der Waals surface area (Å²) in [6.45, 7) is 5.25. The molecular formula is C22H27N3O5S2. The van der Waals surface area contributed by atoms with Crippen molar-refractivity contribution in [3.63, 3.8) is 0 Å². The highest BCUT2D eigenvalue weighted by Gasteiger charge is 2.28. The molecule has 1 N–H and O–H groups in total. The second-order valence-corrected chi connectivity index (χ2v) is 11.2. The van der Waals surface area contributed by atoms with Gasteiger partial charge >= 0.3 is 5.76 Å². The van der Waals surface area contributed by atoms with E-state index >= 15 is 0 Å². The highest BCUT2D eigenvalue weighted by Crippen LogP contribution is 2.26. The van der Waals surface area contributed by atoms with Gasteiger partial charge in [0.1, 0.15) is 0 Å². The summed E-state index contributed by atoms with van der Waals surface area (Å²) in [4.78, 5) is 26.2. The summed E-state index contributed by atoms with van der Waals surface area (Å²) in [5.41, 5.74) is 0.677. The number of hydrogen-bond donors (Lipinski definition) is 1. The Morgan fingerprint density at radius 3 is 2.62 bits per heavy atom. The number of benzene rings is 1. The monoisotopic (exact) mass is 477 g/mol. The summed E-state index contributed by atoms with van der Waals surface area (Å²) < 4.78 is 33.7. The number of nitrogens with zero attached hydrogens (tertiary/aromatic N) is 2. The fraction of sp³-hybridized carbons (Fsp3) is 0.455. The number of hydrogen-bond acceptors (Lipinski definition) is 6. The first-order chi connectivity index (χ1) is 15.3. The van der Waals surface area contributed by atoms with Gasteiger partial charge in [-0.3, -0.25) is 9.36 Å². The molecule has 3 aromatic rings. The van der Waals surface area contributed by atoms with Crippen molar-refractivity contribution < 1.29 is 17.6 Å². The molecule has 8 nitrogen and oxygen atoms in total. The molecule has 4 rings (SSSR count). The molecule has 1 amide bonds. The topological polar surface area (TPSA) is 102 Å². The number of carbonyl (C=O) groups excluding carboxylic acids is 1. The second-order valence-electron chi connectivity index (χ2n) is 8.31. The first-order valence-corrected chi connectivity index (χ1v) is 13.1. The molecule has 1 aliphatic rings. The van der Waals surface area contributed by atoms with Gasteiger partial charge in [-0.2, -0.15) is 4.31 Å². The van der Waals surface area contributed by atoms with Gasteiger partial charge in [-0.15, -0.1) is 11.3 Å². The van der Waals surface area contributed by atoms with Gasteiger partial charge in [0.2, 0.25) is 15.9 Å². The van der Waals surface area contributed by atoms with Crippen LogP contribution in [0, 0.1) is 5.92 Å². The number of aryl methyl sites for hydroxylation is 1. The minimum absolute atomic E-state index is 0.0846. The van der Waals surface area contributed by atoms with Crippen LogP contribution in [0.3, 0.4) is 0 Å². The second kappa shape index (κ2) is 9.21. The van der Waals surface area contributed by atoms with Crippen LogP contribution in [0.4, 0.5) is 0 Å². The van der Waals surface area contributed by atoms with Crippen LogP contribution >= 0.6 is 11.3 Å². The molecule has 1 unspecified atom stereocenters. The minimum Gasteiger partial charge on any atom is -0.408 e. The Bertz CT molecular complexity index is 1250. The van der Waals surface area contributed by atoms with Crippen LogP contribution in [0.15, 0.2) is 49.8 Å². The van der Waals surface area contributed by atoms with Crippen LogP contribution in [-0.4, -0.2) is 36.3 Å². The highest BCUT2D eigenvalue weighted by atomic mass is 32.2. The predicted octanol–water partition coefficient (Wildman–Crippen LogP) is 3.34. The Balaban J connectivity index is 1.49. The molecule has 2 aromatic heterocycles. The van der Waals surface area contributed by atoms with E-state index in [0.29, 0.717) is 18.6 Å². The van der Waals surface area contributed by atoms with E-state index in [9.17, 15) is 18.0 Å². The predicted molar refractivity (Wildman–Crippen MR) is 123 cm³/mol. The number of oxazole rings is 1. The first kappa shape index (κ1) is 22.8. The van der Waals surface area contributed by atoms with Gasteiger partial charge in [-0.05, 0) is 42.3 Å². The van der Waals surface area contributed by atoms with Gasteiger partial charge in [0, 0.05) is 37.0 Å². The molecule has 1 aromatic carbocycles. The lowest BCUT2D eigenvalue weighted by molar-refractivity contribution is -0.122. The largest absolute Gasteiger partial charge is 0.419 e. The number of sulfonamides is 1. The zero-order chi connectivity index (χ0) is 22.9. The van der Waals surface area contributed by atoms with Crippen molar-refractivity contribution in [3.8, 4) is 0 Å². The summed E-state index contributed by atoms with van der Waals surface area (Å²) in [7, 11) is -3.60. The van der Waals surface area contributed by atoms with Crippen molar-refractivity contribution in [2.75, 3.05) is 13.1 Å². The maximum Gasteiger partial charge on any atom is 0.419 e. The van der Waals surface area contributed by atoms with Crippen molar-refractivity contribution in [1.82, 2.24) is 14.2 Å². The van der Waals surface area contributed by atoms with Crippen LogP contribution in [-0.2, 0) is 21.4 Å². The van der Waals surface area contributed by atoms with E-state index in [1.165, 1.54) is 21.0 Å². The zero-order valence-electron chi connectivity index (χ0n) is 18.1. The molecule has 0 saturated carbocycles. The molecule has 1 atom stereocenters. The molecule has 1 fully saturated rings. The average Bonchev–Trinajstić information content (AvgIpc) is 3.51. The lowest BCUT2D eigenvalue weighted by Crippen LogP contribution is -2.32. The Kier molecular flexibility index (Phi) is 6.55. The van der Waals surface area contributed by atoms with Crippen LogP contribution in [0.25, 0.3) is 11.1 Å². The van der Waals surface area contributed by atoms with Crippen molar-refractivity contribution in [3.05, 3.63) is 51.1 Å². The number of aromatic nitrogens is 1. The summed E-state index contributed by atoms with van der Waals surface area (Å²) in [5.74, 6) is -0.542. The normalized spacial score (nSPS) is 16.1. The number of thiophene rings is 1. The summed E-state index contributed by atoms with van der Waals surface area (Å²) in [5, 5.41) is 5.03. The van der Waals surface area contributed by atoms with Crippen LogP contribution in [0.2, 0.25) is 0 Å². The Morgan fingerprint density at radius 1 is 1.22 bits per heavy atom. The Labute approximate surface area is 190 Å². The fourth-order valence-electron chi connectivity index (χ4n) is 3.99. The van der Waals surface area contributed by atoms with E-state index < -0.39 is 15.8 Å². The quantitative estimate of drug-likeness (QED) is 0.536. The van der Waals surface area contributed by atoms with Crippen molar-refractivity contribution >= 4 is 38.4 Å². The van der Waals surface area contributed by atoms with E-state index in [4.69, 9.17) is 4.42 Å². The smallest absolute Gasteiger partial charge is 0.408 e. The number of fused-ring (bicyclic) bond motifs is 1. The third-order valence-electron chi connectivity index (χ3n) is 5.74. The van der Waals surface area contributed by atoms with Crippen molar-refractivity contribution in [2.45, 2.75) is 50.6 Å². The van der Waals surface area contributed by atoms with E-state index in [0.717, 1.165) is 17.7 Å². The van der Waals surface area contributed by atoms with Gasteiger partial charge in [0.15, 0.2) is 5.58 Å². The number of carbonyl (C=O) groups is 1. The van der Waals surface area contributed by atoms with E-state index in [1.54, 1.807) is 17.4 Å². The standard InChI is InChI=1S/C22H27N3O5S2/c1-15(2)21(19-6-5-13-31-19)23-20(26)9-12-25-17-8-7-16(14-18(17)30-22(25)27)32(28,29)24-10-3-4-11-24/h5-8,13-15,21H,3-4,9-12H2,1-2H3,(H,23,26). The first-order valence-electron chi connectivity index (χ1n) is 10.7. The van der Waals surface area contributed by atoms with E-state index in [2.05, 4.69) is 5.32 Å². The maximum atomic E-state index is 12.8. The van der Waals surface area contributed by atoms with Gasteiger partial charge in [0.25, 0.3) is 0 Å². The molecule has 32 heavy (non-hydrogen) atoms. The molecule has 1 aliphatic heterocycles. The summed E-state index contributed by atoms with van der Waals surface area (Å²) in [6, 6.07) is 8.33. The lowest BCUT2D eigenvalue weighted by Gasteiger charge is -2.21. The van der Waals surface area contributed by atoms with Gasteiger partial charge in [-0.1, -0.05) is 19.9 Å². The molecule has 0 radical (unpaired) electrons. The number of amides is 1. The lowest BCUT2D eigenvalue weighted by atomic mass is 10.0. The van der Waals surface area contributed by atoms with Crippen LogP contribution < -0.4 is 11.1 Å². The SMILES string of the molecule is CC(C)C(NC(=O)CCn1c(=O)oc2cc(S(=O)(=O)N3CCCC3)ccc21)c1cccs1. The Morgan fingerprint density at radius 2 is 1.97 bits per heavy atom. The van der Waals surface area contributed by atoms with E-state index in [-0.39, 0.29) is 41.3 Å². The molecule has 3 heterocycles. The minimum atomic E-state index is -3.60. The zero-order valence-corrected chi connectivity index (χ0v) is 19.7. The molecule has 0 bridgehead atoms. The molecular weight excluding hydrogens is 450 g/mol. The van der Waals surface area contributed by atoms with Gasteiger partial charge in [-0.25, -0.2) is 13.2 Å².